The zero-order valence-corrected chi connectivity index (χ0v) is 17.0. The first-order valence-corrected chi connectivity index (χ1v) is 10.2. The predicted octanol–water partition coefficient (Wildman–Crippen LogP) is 2.40. The number of amides is 1. The van der Waals surface area contributed by atoms with Gasteiger partial charge in [-0.2, -0.15) is 0 Å². The highest BCUT2D eigenvalue weighted by molar-refractivity contribution is 5.76. The van der Waals surface area contributed by atoms with E-state index in [1.165, 1.54) is 5.56 Å². The van der Waals surface area contributed by atoms with Crippen molar-refractivity contribution < 1.29 is 9.53 Å². The first-order valence-electron chi connectivity index (χ1n) is 10.2. The molecule has 4 rings (SSSR count). The van der Waals surface area contributed by atoms with Crippen molar-refractivity contribution in [2.24, 2.45) is 5.92 Å². The maximum Gasteiger partial charge on any atom is 0.242 e. The van der Waals surface area contributed by atoms with Crippen LogP contribution >= 0.6 is 0 Å². The summed E-state index contributed by atoms with van der Waals surface area (Å²) in [7, 11) is 3.92. The normalized spacial score (nSPS) is 25.0. The maximum atomic E-state index is 13.0. The number of aromatic nitrogens is 2. The molecule has 2 aromatic rings. The summed E-state index contributed by atoms with van der Waals surface area (Å²) in [5, 5.41) is 0. The lowest BCUT2D eigenvalue weighted by Gasteiger charge is -2.38. The van der Waals surface area contributed by atoms with E-state index in [1.807, 2.05) is 22.9 Å². The van der Waals surface area contributed by atoms with Crippen molar-refractivity contribution >= 4 is 5.91 Å². The van der Waals surface area contributed by atoms with Gasteiger partial charge in [0.05, 0.1) is 7.11 Å². The second kappa shape index (κ2) is 7.95. The molecule has 0 N–H and O–H groups in total. The van der Waals surface area contributed by atoms with Gasteiger partial charge in [0.2, 0.25) is 5.91 Å². The number of hydrogen-bond acceptors (Lipinski definition) is 4. The van der Waals surface area contributed by atoms with Crippen molar-refractivity contribution in [2.45, 2.75) is 38.3 Å². The van der Waals surface area contributed by atoms with Gasteiger partial charge in [-0.15, -0.1) is 0 Å². The zero-order chi connectivity index (χ0) is 19.7. The Labute approximate surface area is 167 Å². The fraction of sp³-hybridized carbons (Fsp3) is 0.545. The van der Waals surface area contributed by atoms with E-state index in [0.717, 1.165) is 44.0 Å². The lowest BCUT2D eigenvalue weighted by molar-refractivity contribution is -0.134. The van der Waals surface area contributed by atoms with Crippen LogP contribution in [-0.2, 0) is 17.8 Å². The maximum absolute atomic E-state index is 13.0. The minimum absolute atomic E-state index is 0.203. The van der Waals surface area contributed by atoms with Crippen LogP contribution in [0.4, 0.5) is 0 Å². The van der Waals surface area contributed by atoms with Gasteiger partial charge in [0.25, 0.3) is 0 Å². The number of imidazole rings is 1. The van der Waals surface area contributed by atoms with Crippen LogP contribution in [0.25, 0.3) is 0 Å². The molecule has 3 atom stereocenters. The number of piperidine rings is 1. The number of hydrogen-bond donors (Lipinski definition) is 0. The van der Waals surface area contributed by atoms with E-state index in [2.05, 4.69) is 40.9 Å². The molecule has 1 aromatic carbocycles. The number of likely N-dealkylation sites (N-methyl/N-ethyl adjacent to an activating group) is 1. The van der Waals surface area contributed by atoms with E-state index in [4.69, 9.17) is 4.74 Å². The number of fused-ring (bicyclic) bond motifs is 1. The van der Waals surface area contributed by atoms with Crippen molar-refractivity contribution in [3.63, 3.8) is 0 Å². The third kappa shape index (κ3) is 3.53. The largest absolute Gasteiger partial charge is 0.497 e. The van der Waals surface area contributed by atoms with Crippen LogP contribution < -0.4 is 4.74 Å². The Hall–Kier alpha value is -2.34. The van der Waals surface area contributed by atoms with Crippen LogP contribution in [0.3, 0.4) is 0 Å². The minimum atomic E-state index is 0.203. The lowest BCUT2D eigenvalue weighted by atomic mass is 9.82. The summed E-state index contributed by atoms with van der Waals surface area (Å²) in [6.07, 6.45) is 5.58. The Bertz CT molecular complexity index is 816. The molecule has 3 heterocycles. The predicted molar refractivity (Wildman–Crippen MR) is 108 cm³/mol. The monoisotopic (exact) mass is 382 g/mol. The Morgan fingerprint density at radius 2 is 2.04 bits per heavy atom. The summed E-state index contributed by atoms with van der Waals surface area (Å²) in [5.41, 5.74) is 1.34. The van der Waals surface area contributed by atoms with Gasteiger partial charge in [-0.1, -0.05) is 19.1 Å². The molecular weight excluding hydrogens is 352 g/mol. The number of carbonyl (C=O) groups excluding carboxylic acids is 1. The molecule has 0 unspecified atom stereocenters. The van der Waals surface area contributed by atoms with Crippen molar-refractivity contribution in [3.8, 4) is 5.75 Å². The molecular formula is C22H30N4O2. The molecule has 2 saturated heterocycles. The van der Waals surface area contributed by atoms with Gasteiger partial charge in [0.1, 0.15) is 18.1 Å². The second-order valence-electron chi connectivity index (χ2n) is 8.00. The topological polar surface area (TPSA) is 50.6 Å². The number of rotatable bonds is 5. The van der Waals surface area contributed by atoms with Gasteiger partial charge in [-0.05, 0) is 31.2 Å². The Balaban J connectivity index is 1.48. The van der Waals surface area contributed by atoms with Crippen molar-refractivity contribution in [1.29, 1.82) is 0 Å². The first-order chi connectivity index (χ1) is 13.6. The van der Waals surface area contributed by atoms with E-state index in [0.29, 0.717) is 24.4 Å². The number of likely N-dealkylation sites (tertiary alicyclic amines) is 2. The fourth-order valence-electron chi connectivity index (χ4n) is 4.97. The number of ether oxygens (including phenoxy) is 1. The van der Waals surface area contributed by atoms with E-state index in [1.54, 1.807) is 13.3 Å². The molecule has 150 valence electrons. The molecule has 2 aliphatic rings. The minimum Gasteiger partial charge on any atom is -0.497 e. The molecule has 0 aliphatic carbocycles. The number of carbonyl (C=O) groups is 1. The van der Waals surface area contributed by atoms with Crippen LogP contribution in [0, 0.1) is 5.92 Å². The van der Waals surface area contributed by atoms with E-state index >= 15 is 0 Å². The number of aryl methyl sites for hydroxylation is 1. The van der Waals surface area contributed by atoms with Crippen molar-refractivity contribution in [1.82, 2.24) is 19.4 Å². The lowest BCUT2D eigenvalue weighted by Crippen LogP contribution is -2.48. The quantitative estimate of drug-likeness (QED) is 0.797. The SMILES string of the molecule is CCc1nccn1CC(=O)N1CC[C@@H]2[C@H](C1)[C@@H](c1ccc(OC)cc1)CN2C. The highest BCUT2D eigenvalue weighted by Gasteiger charge is 2.44. The van der Waals surface area contributed by atoms with Crippen LogP contribution in [0.1, 0.15) is 30.7 Å². The van der Waals surface area contributed by atoms with Crippen LogP contribution in [0.5, 0.6) is 5.75 Å². The smallest absolute Gasteiger partial charge is 0.242 e. The zero-order valence-electron chi connectivity index (χ0n) is 17.0. The van der Waals surface area contributed by atoms with Gasteiger partial charge >= 0.3 is 0 Å². The molecule has 6 heteroatoms. The molecule has 1 aromatic heterocycles. The molecule has 0 spiro atoms. The average Bonchev–Trinajstić information content (AvgIpc) is 3.31. The summed E-state index contributed by atoms with van der Waals surface area (Å²) >= 11 is 0. The highest BCUT2D eigenvalue weighted by Crippen LogP contribution is 2.41. The third-order valence-electron chi connectivity index (χ3n) is 6.51. The molecule has 0 bridgehead atoms. The summed E-state index contributed by atoms with van der Waals surface area (Å²) in [6.45, 7) is 5.19. The Morgan fingerprint density at radius 3 is 2.75 bits per heavy atom. The van der Waals surface area contributed by atoms with E-state index < -0.39 is 0 Å². The third-order valence-corrected chi connectivity index (χ3v) is 6.51. The van der Waals surface area contributed by atoms with Gasteiger partial charge in [-0.25, -0.2) is 4.98 Å². The fourth-order valence-corrected chi connectivity index (χ4v) is 4.97. The van der Waals surface area contributed by atoms with Gasteiger partial charge in [0.15, 0.2) is 0 Å². The summed E-state index contributed by atoms with van der Waals surface area (Å²) in [5.74, 6) is 2.99. The van der Waals surface area contributed by atoms with Gasteiger partial charge < -0.3 is 19.1 Å². The number of methoxy groups -OCH3 is 1. The standard InChI is InChI=1S/C22H30N4O2/c1-4-21-23-10-12-25(21)15-22(27)26-11-9-20-19(14-26)18(13-24(20)2)16-5-7-17(28-3)8-6-16/h5-8,10,12,18-20H,4,9,11,13-15H2,1-3H3/t18-,19-,20-/m1/s1. The molecule has 0 saturated carbocycles. The summed E-state index contributed by atoms with van der Waals surface area (Å²) in [6, 6.07) is 8.99. The molecule has 0 radical (unpaired) electrons. The molecule has 1 amide bonds. The van der Waals surface area contributed by atoms with Gasteiger partial charge in [0, 0.05) is 56.3 Å². The van der Waals surface area contributed by atoms with Crippen molar-refractivity contribution in [3.05, 3.63) is 48.0 Å². The molecule has 6 nitrogen and oxygen atoms in total. The molecule has 2 aliphatic heterocycles. The molecule has 28 heavy (non-hydrogen) atoms. The van der Waals surface area contributed by atoms with Crippen molar-refractivity contribution in [2.75, 3.05) is 33.8 Å². The van der Waals surface area contributed by atoms with Crippen LogP contribution in [0.15, 0.2) is 36.7 Å². The molecule has 2 fully saturated rings. The highest BCUT2D eigenvalue weighted by atomic mass is 16.5. The summed E-state index contributed by atoms with van der Waals surface area (Å²) < 4.78 is 7.29. The van der Waals surface area contributed by atoms with E-state index in [9.17, 15) is 4.79 Å². The average molecular weight is 383 g/mol. The Morgan fingerprint density at radius 1 is 1.25 bits per heavy atom. The van der Waals surface area contributed by atoms with E-state index in [-0.39, 0.29) is 5.91 Å². The second-order valence-corrected chi connectivity index (χ2v) is 8.00. The summed E-state index contributed by atoms with van der Waals surface area (Å²) in [4.78, 5) is 21.9. The first kappa shape index (κ1) is 19.0. The van der Waals surface area contributed by atoms with Gasteiger partial charge in [-0.3, -0.25) is 4.79 Å². The number of benzene rings is 1. The van der Waals surface area contributed by atoms with Crippen LogP contribution in [0.2, 0.25) is 0 Å². The number of nitrogens with zero attached hydrogens (tertiary/aromatic N) is 4. The Kier molecular flexibility index (Phi) is 5.40. The van der Waals surface area contributed by atoms with Crippen LogP contribution in [-0.4, -0.2) is 65.1 Å².